The van der Waals surface area contributed by atoms with Crippen molar-refractivity contribution in [3.05, 3.63) is 69.0 Å². The standard InChI is InChI=1S/C23H26N2O6/c1-13-11-17-19(22(26)25(13)12-16-5-4-10-30-16)18(14-6-8-15(28-2)9-7-14)20(21(24)31-17)23(27)29-3/h6-9,11,16,18H,4-5,10,12,24H2,1-3H3/t16-,18+/m0/s1. The second kappa shape index (κ2) is 8.47. The summed E-state index contributed by atoms with van der Waals surface area (Å²) in [4.78, 5) is 26.3. The van der Waals surface area contributed by atoms with E-state index in [-0.39, 0.29) is 23.1 Å². The van der Waals surface area contributed by atoms with E-state index in [9.17, 15) is 9.59 Å². The zero-order valence-corrected chi connectivity index (χ0v) is 17.8. The zero-order valence-electron chi connectivity index (χ0n) is 17.8. The van der Waals surface area contributed by atoms with E-state index in [1.807, 2.05) is 6.92 Å². The van der Waals surface area contributed by atoms with Crippen LogP contribution in [0.4, 0.5) is 0 Å². The molecule has 1 aromatic carbocycles. The van der Waals surface area contributed by atoms with Gasteiger partial charge in [-0.2, -0.15) is 0 Å². The van der Waals surface area contributed by atoms with Gasteiger partial charge in [0.05, 0.1) is 38.3 Å². The van der Waals surface area contributed by atoms with Gasteiger partial charge in [-0.3, -0.25) is 4.79 Å². The van der Waals surface area contributed by atoms with Gasteiger partial charge in [-0.25, -0.2) is 4.79 Å². The number of nitrogens with two attached hydrogens (primary N) is 1. The van der Waals surface area contributed by atoms with Crippen molar-refractivity contribution in [3.8, 4) is 11.5 Å². The second-order valence-corrected chi connectivity index (χ2v) is 7.69. The van der Waals surface area contributed by atoms with Gasteiger partial charge in [0.2, 0.25) is 5.88 Å². The van der Waals surface area contributed by atoms with Crippen molar-refractivity contribution in [1.82, 2.24) is 4.57 Å². The fourth-order valence-corrected chi connectivity index (χ4v) is 4.24. The van der Waals surface area contributed by atoms with E-state index in [0.717, 1.165) is 18.5 Å². The van der Waals surface area contributed by atoms with Crippen LogP contribution < -0.4 is 20.8 Å². The molecule has 2 aromatic rings. The summed E-state index contributed by atoms with van der Waals surface area (Å²) >= 11 is 0. The van der Waals surface area contributed by atoms with Crippen LogP contribution in [0.3, 0.4) is 0 Å². The van der Waals surface area contributed by atoms with Crippen molar-refractivity contribution in [2.75, 3.05) is 20.8 Å². The molecule has 4 rings (SSSR count). The summed E-state index contributed by atoms with van der Waals surface area (Å²) in [7, 11) is 2.84. The minimum absolute atomic E-state index is 0.0147. The van der Waals surface area contributed by atoms with E-state index in [0.29, 0.717) is 35.8 Å². The number of carbonyl (C=O) groups excluding carboxylic acids is 1. The first kappa shape index (κ1) is 21.0. The Labute approximate surface area is 180 Å². The van der Waals surface area contributed by atoms with Gasteiger partial charge in [0.15, 0.2) is 0 Å². The first-order chi connectivity index (χ1) is 14.9. The quantitative estimate of drug-likeness (QED) is 0.732. The first-order valence-corrected chi connectivity index (χ1v) is 10.2. The summed E-state index contributed by atoms with van der Waals surface area (Å²) in [6, 6.07) is 8.93. The fourth-order valence-electron chi connectivity index (χ4n) is 4.24. The molecule has 2 aliphatic rings. The van der Waals surface area contributed by atoms with Gasteiger partial charge in [-0.1, -0.05) is 12.1 Å². The molecule has 2 N–H and O–H groups in total. The summed E-state index contributed by atoms with van der Waals surface area (Å²) in [5, 5.41) is 0. The lowest BCUT2D eigenvalue weighted by Gasteiger charge is -2.29. The van der Waals surface area contributed by atoms with Gasteiger partial charge >= 0.3 is 5.97 Å². The number of pyridine rings is 1. The summed E-state index contributed by atoms with van der Waals surface area (Å²) in [6.45, 7) is 2.99. The maximum atomic E-state index is 13.7. The number of benzene rings is 1. The summed E-state index contributed by atoms with van der Waals surface area (Å²) in [6.07, 6.45) is 1.87. The van der Waals surface area contributed by atoms with Gasteiger partial charge in [0.1, 0.15) is 17.1 Å². The third kappa shape index (κ3) is 3.79. The van der Waals surface area contributed by atoms with Crippen molar-refractivity contribution in [1.29, 1.82) is 0 Å². The highest BCUT2D eigenvalue weighted by atomic mass is 16.5. The van der Waals surface area contributed by atoms with Crippen molar-refractivity contribution >= 4 is 5.97 Å². The van der Waals surface area contributed by atoms with Crippen LogP contribution in [0.25, 0.3) is 0 Å². The largest absolute Gasteiger partial charge is 0.497 e. The van der Waals surface area contributed by atoms with Crippen molar-refractivity contribution in [2.24, 2.45) is 5.73 Å². The predicted molar refractivity (Wildman–Crippen MR) is 113 cm³/mol. The van der Waals surface area contributed by atoms with Crippen LogP contribution in [-0.4, -0.2) is 37.5 Å². The molecule has 1 aromatic heterocycles. The molecule has 0 bridgehead atoms. The Morgan fingerprint density at radius 2 is 2.00 bits per heavy atom. The average Bonchev–Trinajstić information content (AvgIpc) is 3.28. The van der Waals surface area contributed by atoms with Crippen LogP contribution in [0.15, 0.2) is 46.6 Å². The Morgan fingerprint density at radius 3 is 2.61 bits per heavy atom. The smallest absolute Gasteiger partial charge is 0.340 e. The van der Waals surface area contributed by atoms with E-state index in [2.05, 4.69) is 0 Å². The Hall–Kier alpha value is -3.26. The number of aromatic nitrogens is 1. The lowest BCUT2D eigenvalue weighted by Crippen LogP contribution is -2.36. The highest BCUT2D eigenvalue weighted by Gasteiger charge is 2.38. The van der Waals surface area contributed by atoms with Crippen LogP contribution in [0, 0.1) is 6.92 Å². The molecule has 0 saturated carbocycles. The molecule has 0 radical (unpaired) electrons. The maximum absolute atomic E-state index is 13.7. The Balaban J connectivity index is 1.89. The number of methoxy groups -OCH3 is 2. The molecule has 0 spiro atoms. The summed E-state index contributed by atoms with van der Waals surface area (Å²) in [5.41, 5.74) is 7.79. The average molecular weight is 426 g/mol. The number of hydrogen-bond acceptors (Lipinski definition) is 7. The summed E-state index contributed by atoms with van der Waals surface area (Å²) < 4.78 is 23.4. The van der Waals surface area contributed by atoms with Gasteiger partial charge < -0.3 is 29.2 Å². The first-order valence-electron chi connectivity index (χ1n) is 10.2. The van der Waals surface area contributed by atoms with Crippen LogP contribution in [-0.2, 0) is 20.8 Å². The molecular formula is C23H26N2O6. The second-order valence-electron chi connectivity index (χ2n) is 7.69. The minimum atomic E-state index is -0.731. The molecule has 0 amide bonds. The lowest BCUT2D eigenvalue weighted by molar-refractivity contribution is -0.136. The molecule has 3 heterocycles. The minimum Gasteiger partial charge on any atom is -0.497 e. The lowest BCUT2D eigenvalue weighted by atomic mass is 9.83. The molecule has 164 valence electrons. The monoisotopic (exact) mass is 426 g/mol. The molecule has 1 saturated heterocycles. The van der Waals surface area contributed by atoms with Crippen molar-refractivity contribution in [3.63, 3.8) is 0 Å². The highest BCUT2D eigenvalue weighted by Crippen LogP contribution is 2.41. The van der Waals surface area contributed by atoms with Gasteiger partial charge in [-0.05, 0) is 37.5 Å². The number of carbonyl (C=O) groups is 1. The predicted octanol–water partition coefficient (Wildman–Crippen LogP) is 2.21. The third-order valence-electron chi connectivity index (χ3n) is 5.83. The number of fused-ring (bicyclic) bond motifs is 1. The van der Waals surface area contributed by atoms with Gasteiger partial charge in [0.25, 0.3) is 5.56 Å². The molecule has 0 aliphatic carbocycles. The Kier molecular flexibility index (Phi) is 5.73. The van der Waals surface area contributed by atoms with E-state index >= 15 is 0 Å². The Morgan fingerprint density at radius 1 is 1.26 bits per heavy atom. The molecule has 1 fully saturated rings. The number of nitrogens with zero attached hydrogens (tertiary/aromatic N) is 1. The number of aryl methyl sites for hydroxylation is 1. The highest BCUT2D eigenvalue weighted by molar-refractivity contribution is 5.92. The molecule has 0 unspecified atom stereocenters. The SMILES string of the molecule is COC(=O)C1=C(N)Oc2cc(C)n(C[C@@H]3CCCO3)c(=O)c2[C@H]1c1ccc(OC)cc1. The molecule has 2 atom stereocenters. The number of rotatable bonds is 5. The molecule has 8 heteroatoms. The molecular weight excluding hydrogens is 400 g/mol. The maximum Gasteiger partial charge on any atom is 0.340 e. The topological polar surface area (TPSA) is 102 Å². The van der Waals surface area contributed by atoms with Gasteiger partial charge in [-0.15, -0.1) is 0 Å². The number of esters is 1. The van der Waals surface area contributed by atoms with Gasteiger partial charge in [0, 0.05) is 18.4 Å². The number of ether oxygens (including phenoxy) is 4. The van der Waals surface area contributed by atoms with Crippen LogP contribution in [0.1, 0.15) is 35.6 Å². The third-order valence-corrected chi connectivity index (χ3v) is 5.83. The molecule has 31 heavy (non-hydrogen) atoms. The van der Waals surface area contributed by atoms with Crippen molar-refractivity contribution in [2.45, 2.75) is 38.3 Å². The van der Waals surface area contributed by atoms with E-state index in [4.69, 9.17) is 24.7 Å². The number of hydrogen-bond donors (Lipinski definition) is 1. The van der Waals surface area contributed by atoms with E-state index in [1.54, 1.807) is 42.0 Å². The van der Waals surface area contributed by atoms with Crippen LogP contribution >= 0.6 is 0 Å². The van der Waals surface area contributed by atoms with Crippen LogP contribution in [0.2, 0.25) is 0 Å². The zero-order chi connectivity index (χ0) is 22.1. The normalized spacial score (nSPS) is 20.2. The molecule has 8 nitrogen and oxygen atoms in total. The van der Waals surface area contributed by atoms with Crippen LogP contribution in [0.5, 0.6) is 11.5 Å². The van der Waals surface area contributed by atoms with E-state index < -0.39 is 11.9 Å². The Bertz CT molecular complexity index is 1080. The fraction of sp³-hybridized carbons (Fsp3) is 0.391. The van der Waals surface area contributed by atoms with E-state index in [1.165, 1.54) is 7.11 Å². The van der Waals surface area contributed by atoms with Crippen molar-refractivity contribution < 1.29 is 23.7 Å². The summed E-state index contributed by atoms with van der Waals surface area (Å²) in [5.74, 6) is -0.444. The molecule has 2 aliphatic heterocycles.